The summed E-state index contributed by atoms with van der Waals surface area (Å²) in [7, 11) is 1.70. The Morgan fingerprint density at radius 3 is 2.73 bits per heavy atom. The molecule has 0 saturated heterocycles. The van der Waals surface area contributed by atoms with Gasteiger partial charge in [0.15, 0.2) is 6.29 Å². The largest absolute Gasteiger partial charge is 0.294 e. The third kappa shape index (κ3) is 1.34. The summed E-state index contributed by atoms with van der Waals surface area (Å²) in [5.41, 5.74) is 0.965. The highest BCUT2D eigenvalue weighted by molar-refractivity contribution is 6.33. The molecule has 11 heavy (non-hydrogen) atoms. The molecule has 4 nitrogen and oxygen atoms in total. The van der Waals surface area contributed by atoms with Crippen molar-refractivity contribution in [2.45, 2.75) is 6.92 Å². The minimum Gasteiger partial charge on any atom is -0.294 e. The predicted octanol–water partition coefficient (Wildman–Crippen LogP) is 0.110. The van der Waals surface area contributed by atoms with E-state index in [1.807, 2.05) is 0 Å². The minimum atomic E-state index is -0.518. The van der Waals surface area contributed by atoms with Crippen molar-refractivity contribution < 1.29 is 9.59 Å². The van der Waals surface area contributed by atoms with Crippen LogP contribution < -0.4 is 0 Å². The smallest absolute Gasteiger partial charge is 0.228 e. The topological polar surface area (TPSA) is 52.0 Å². The number of aromatic nitrogens is 2. The highest BCUT2D eigenvalue weighted by atomic mass is 16.2. The number of hydrogen-bond acceptors (Lipinski definition) is 3. The highest BCUT2D eigenvalue weighted by Crippen LogP contribution is 2.03. The number of hydrogen-bond donors (Lipinski definition) is 0. The lowest BCUT2D eigenvalue weighted by Crippen LogP contribution is -1.99. The zero-order valence-corrected chi connectivity index (χ0v) is 6.37. The summed E-state index contributed by atoms with van der Waals surface area (Å²) in [6, 6.07) is 0. The molecule has 0 N–H and O–H groups in total. The van der Waals surface area contributed by atoms with Gasteiger partial charge in [0.2, 0.25) is 5.78 Å². The van der Waals surface area contributed by atoms with Crippen molar-refractivity contribution in [2.24, 2.45) is 7.05 Å². The molecule has 0 aliphatic carbocycles. The van der Waals surface area contributed by atoms with E-state index in [9.17, 15) is 9.59 Å². The second kappa shape index (κ2) is 2.65. The third-order valence-corrected chi connectivity index (χ3v) is 1.39. The Bertz CT molecular complexity index is 301. The Morgan fingerprint density at radius 2 is 2.36 bits per heavy atom. The van der Waals surface area contributed by atoms with Crippen LogP contribution in [0.4, 0.5) is 0 Å². The lowest BCUT2D eigenvalue weighted by Gasteiger charge is -1.84. The molecular weight excluding hydrogens is 144 g/mol. The molecule has 1 aromatic rings. The van der Waals surface area contributed by atoms with Crippen LogP contribution in [-0.2, 0) is 11.8 Å². The lowest BCUT2D eigenvalue weighted by molar-refractivity contribution is -0.104. The van der Waals surface area contributed by atoms with Crippen molar-refractivity contribution in [3.63, 3.8) is 0 Å². The predicted molar refractivity (Wildman–Crippen MR) is 38.3 cm³/mol. The van der Waals surface area contributed by atoms with Crippen molar-refractivity contribution in [3.05, 3.63) is 17.5 Å². The summed E-state index contributed by atoms with van der Waals surface area (Å²) in [6.07, 6.45) is 1.83. The van der Waals surface area contributed by atoms with Gasteiger partial charge < -0.3 is 0 Å². The molecule has 0 atom stereocenters. The normalized spacial score (nSPS) is 9.64. The van der Waals surface area contributed by atoms with Crippen molar-refractivity contribution in [3.8, 4) is 0 Å². The van der Waals surface area contributed by atoms with Gasteiger partial charge in [-0.05, 0) is 6.92 Å². The molecule has 0 bridgehead atoms. The van der Waals surface area contributed by atoms with Gasteiger partial charge in [0, 0.05) is 13.2 Å². The number of Topliss-reactive ketones (excluding diaryl/α,β-unsaturated/α-hetero) is 1. The van der Waals surface area contributed by atoms with Crippen molar-refractivity contribution in [2.75, 3.05) is 0 Å². The van der Waals surface area contributed by atoms with Gasteiger partial charge in [0.1, 0.15) is 0 Å². The van der Waals surface area contributed by atoms with Crippen molar-refractivity contribution in [1.29, 1.82) is 0 Å². The van der Waals surface area contributed by atoms with E-state index in [4.69, 9.17) is 0 Å². The van der Waals surface area contributed by atoms with E-state index in [2.05, 4.69) is 5.10 Å². The molecule has 0 spiro atoms. The average Bonchev–Trinajstić information content (AvgIpc) is 2.28. The van der Waals surface area contributed by atoms with Gasteiger partial charge in [-0.1, -0.05) is 0 Å². The number of nitrogens with zero attached hydrogens (tertiary/aromatic N) is 2. The first-order chi connectivity index (χ1) is 5.15. The van der Waals surface area contributed by atoms with Gasteiger partial charge in [-0.2, -0.15) is 5.10 Å². The van der Waals surface area contributed by atoms with E-state index >= 15 is 0 Å². The zero-order chi connectivity index (χ0) is 8.43. The van der Waals surface area contributed by atoms with Crippen LogP contribution in [0.1, 0.15) is 16.1 Å². The molecular formula is C7H8N2O2. The molecule has 1 rings (SSSR count). The summed E-state index contributed by atoms with van der Waals surface area (Å²) in [5.74, 6) is -0.518. The highest BCUT2D eigenvalue weighted by Gasteiger charge is 2.10. The van der Waals surface area contributed by atoms with Crippen LogP contribution in [-0.4, -0.2) is 21.8 Å². The van der Waals surface area contributed by atoms with Crippen LogP contribution in [0.3, 0.4) is 0 Å². The second-order valence-corrected chi connectivity index (χ2v) is 2.28. The summed E-state index contributed by atoms with van der Waals surface area (Å²) >= 11 is 0. The molecule has 0 unspecified atom stereocenters. The summed E-state index contributed by atoms with van der Waals surface area (Å²) in [5, 5.41) is 3.92. The summed E-state index contributed by atoms with van der Waals surface area (Å²) in [6.45, 7) is 1.69. The minimum absolute atomic E-state index is 0.296. The van der Waals surface area contributed by atoms with Crippen LogP contribution in [0.15, 0.2) is 6.20 Å². The monoisotopic (exact) mass is 152 g/mol. The van der Waals surface area contributed by atoms with E-state index in [0.717, 1.165) is 0 Å². The molecule has 0 aliphatic rings. The molecule has 0 radical (unpaired) electrons. The number of aldehydes is 1. The molecule has 0 saturated carbocycles. The van der Waals surface area contributed by atoms with E-state index in [1.54, 1.807) is 14.0 Å². The van der Waals surface area contributed by atoms with Gasteiger partial charge in [-0.25, -0.2) is 0 Å². The SMILES string of the molecule is Cc1nn(C)cc1C(=O)C=O. The maximum atomic E-state index is 10.8. The fourth-order valence-corrected chi connectivity index (χ4v) is 0.905. The number of carbonyl (C=O) groups is 2. The van der Waals surface area contributed by atoms with Crippen LogP contribution >= 0.6 is 0 Å². The number of carbonyl (C=O) groups excluding carboxylic acids is 2. The van der Waals surface area contributed by atoms with Crippen molar-refractivity contribution >= 4 is 12.1 Å². The molecule has 0 amide bonds. The van der Waals surface area contributed by atoms with E-state index < -0.39 is 5.78 Å². The Kier molecular flexibility index (Phi) is 1.85. The Morgan fingerprint density at radius 1 is 1.73 bits per heavy atom. The third-order valence-electron chi connectivity index (χ3n) is 1.39. The van der Waals surface area contributed by atoms with E-state index in [1.165, 1.54) is 10.9 Å². The summed E-state index contributed by atoms with van der Waals surface area (Å²) < 4.78 is 1.51. The van der Waals surface area contributed by atoms with Gasteiger partial charge in [-0.15, -0.1) is 0 Å². The van der Waals surface area contributed by atoms with Gasteiger partial charge in [0.25, 0.3) is 0 Å². The maximum Gasteiger partial charge on any atom is 0.228 e. The fraction of sp³-hybridized carbons (Fsp3) is 0.286. The van der Waals surface area contributed by atoms with Crippen molar-refractivity contribution in [1.82, 2.24) is 9.78 Å². The Hall–Kier alpha value is -1.45. The molecule has 1 aromatic heterocycles. The number of aryl methyl sites for hydroxylation is 2. The second-order valence-electron chi connectivity index (χ2n) is 2.28. The quantitative estimate of drug-likeness (QED) is 0.343. The molecule has 4 heteroatoms. The Balaban J connectivity index is 3.12. The number of rotatable bonds is 2. The van der Waals surface area contributed by atoms with E-state index in [-0.39, 0.29) is 0 Å². The zero-order valence-electron chi connectivity index (χ0n) is 6.37. The molecule has 58 valence electrons. The first-order valence-electron chi connectivity index (χ1n) is 3.15. The molecule has 0 aliphatic heterocycles. The van der Waals surface area contributed by atoms with Crippen LogP contribution in [0.25, 0.3) is 0 Å². The lowest BCUT2D eigenvalue weighted by atomic mass is 10.2. The average molecular weight is 152 g/mol. The van der Waals surface area contributed by atoms with Crippen LogP contribution in [0.5, 0.6) is 0 Å². The van der Waals surface area contributed by atoms with Gasteiger partial charge >= 0.3 is 0 Å². The molecule has 1 heterocycles. The number of ketones is 1. The van der Waals surface area contributed by atoms with Gasteiger partial charge in [-0.3, -0.25) is 14.3 Å². The van der Waals surface area contributed by atoms with Crippen LogP contribution in [0, 0.1) is 6.92 Å². The molecule has 0 aromatic carbocycles. The first-order valence-corrected chi connectivity index (χ1v) is 3.15. The standard InChI is InChI=1S/C7H8N2O2/c1-5-6(7(11)4-10)3-9(2)8-5/h3-4H,1-2H3. The maximum absolute atomic E-state index is 10.8. The fourth-order valence-electron chi connectivity index (χ4n) is 0.905. The van der Waals surface area contributed by atoms with Gasteiger partial charge in [0.05, 0.1) is 11.3 Å². The van der Waals surface area contributed by atoms with E-state index in [0.29, 0.717) is 17.5 Å². The first kappa shape index (κ1) is 7.65. The Labute approximate surface area is 63.8 Å². The van der Waals surface area contributed by atoms with Crippen LogP contribution in [0.2, 0.25) is 0 Å². The molecule has 0 fully saturated rings. The summed E-state index contributed by atoms with van der Waals surface area (Å²) in [4.78, 5) is 20.9.